The number of aliphatic carboxylic acids is 1. The van der Waals surface area contributed by atoms with Gasteiger partial charge < -0.3 is 15.2 Å². The van der Waals surface area contributed by atoms with Crippen LogP contribution < -0.4 is 5.32 Å². The van der Waals surface area contributed by atoms with Gasteiger partial charge in [-0.3, -0.25) is 0 Å². The Kier molecular flexibility index (Phi) is 8.68. The molecule has 0 aromatic rings. The first-order valence-electron chi connectivity index (χ1n) is 7.09. The first-order valence-corrected chi connectivity index (χ1v) is 7.09. The molecule has 5 nitrogen and oxygen atoms in total. The van der Waals surface area contributed by atoms with Gasteiger partial charge in [-0.1, -0.05) is 25.3 Å². The van der Waals surface area contributed by atoms with Crippen molar-refractivity contribution in [2.45, 2.75) is 70.9 Å². The van der Waals surface area contributed by atoms with Crippen LogP contribution in [0.25, 0.3) is 0 Å². The summed E-state index contributed by atoms with van der Waals surface area (Å²) in [6, 6.07) is -0.885. The quantitative estimate of drug-likeness (QED) is 0.502. The van der Waals surface area contributed by atoms with Gasteiger partial charge in [0.1, 0.15) is 11.6 Å². The van der Waals surface area contributed by atoms with Crippen molar-refractivity contribution in [3.8, 4) is 0 Å². The van der Waals surface area contributed by atoms with Crippen molar-refractivity contribution in [2.75, 3.05) is 0 Å². The summed E-state index contributed by atoms with van der Waals surface area (Å²) in [7, 11) is 0. The summed E-state index contributed by atoms with van der Waals surface area (Å²) in [6.07, 6.45) is 6.44. The Hall–Kier alpha value is -1.52. The van der Waals surface area contributed by atoms with Gasteiger partial charge in [0, 0.05) is 0 Å². The fourth-order valence-corrected chi connectivity index (χ4v) is 1.70. The molecule has 0 aromatic carbocycles. The average molecular weight is 285 g/mol. The first-order chi connectivity index (χ1) is 9.26. The van der Waals surface area contributed by atoms with E-state index in [2.05, 4.69) is 11.9 Å². The van der Waals surface area contributed by atoms with Crippen LogP contribution in [0.5, 0.6) is 0 Å². The summed E-state index contributed by atoms with van der Waals surface area (Å²) < 4.78 is 5.05. The number of hydrogen-bond donors (Lipinski definition) is 2. The highest BCUT2D eigenvalue weighted by Crippen LogP contribution is 2.10. The standard InChI is InChI=1S/C15H27NO4/c1-5-6-7-8-9-10-11-12(13(17)18)16-14(19)20-15(2,3)4/h5,12H,1,6-11H2,2-4H3,(H,16,19)(H,17,18). The number of allylic oxidation sites excluding steroid dienone is 1. The average Bonchev–Trinajstić information content (AvgIpc) is 2.29. The van der Waals surface area contributed by atoms with Crippen molar-refractivity contribution in [3.05, 3.63) is 12.7 Å². The SMILES string of the molecule is C=CCCCCCCC(NC(=O)OC(C)(C)C)C(=O)O. The second-order valence-electron chi connectivity index (χ2n) is 5.82. The maximum Gasteiger partial charge on any atom is 0.408 e. The Balaban J connectivity index is 4.02. The van der Waals surface area contributed by atoms with E-state index in [1.807, 2.05) is 6.08 Å². The minimum absolute atomic E-state index is 0.419. The minimum Gasteiger partial charge on any atom is -0.480 e. The predicted octanol–water partition coefficient (Wildman–Crippen LogP) is 3.49. The van der Waals surface area contributed by atoms with Crippen LogP contribution in [0, 0.1) is 0 Å². The van der Waals surface area contributed by atoms with E-state index in [9.17, 15) is 9.59 Å². The molecule has 0 rings (SSSR count). The second kappa shape index (κ2) is 9.39. The zero-order valence-corrected chi connectivity index (χ0v) is 12.8. The lowest BCUT2D eigenvalue weighted by Crippen LogP contribution is -2.43. The first kappa shape index (κ1) is 18.5. The van der Waals surface area contributed by atoms with Gasteiger partial charge >= 0.3 is 12.1 Å². The van der Waals surface area contributed by atoms with E-state index in [4.69, 9.17) is 9.84 Å². The van der Waals surface area contributed by atoms with Crippen LogP contribution >= 0.6 is 0 Å². The van der Waals surface area contributed by atoms with Gasteiger partial charge in [-0.25, -0.2) is 9.59 Å². The van der Waals surface area contributed by atoms with Crippen molar-refractivity contribution in [3.63, 3.8) is 0 Å². The molecular weight excluding hydrogens is 258 g/mol. The van der Waals surface area contributed by atoms with Crippen LogP contribution in [0.1, 0.15) is 59.3 Å². The molecule has 0 aliphatic heterocycles. The van der Waals surface area contributed by atoms with Crippen LogP contribution in [-0.4, -0.2) is 28.8 Å². The van der Waals surface area contributed by atoms with Crippen molar-refractivity contribution in [1.29, 1.82) is 0 Å². The molecule has 0 aliphatic carbocycles. The fourth-order valence-electron chi connectivity index (χ4n) is 1.70. The molecule has 2 N–H and O–H groups in total. The Morgan fingerprint density at radius 1 is 1.25 bits per heavy atom. The molecule has 5 heteroatoms. The molecule has 1 amide bonds. The fraction of sp³-hybridized carbons (Fsp3) is 0.733. The number of rotatable bonds is 9. The number of carbonyl (C=O) groups excluding carboxylic acids is 1. The maximum atomic E-state index is 11.5. The smallest absolute Gasteiger partial charge is 0.408 e. The Morgan fingerprint density at radius 2 is 1.85 bits per heavy atom. The van der Waals surface area contributed by atoms with E-state index < -0.39 is 23.7 Å². The number of carboxylic acid groups (broad SMARTS) is 1. The number of carboxylic acids is 1. The van der Waals surface area contributed by atoms with Crippen molar-refractivity contribution in [1.82, 2.24) is 5.32 Å². The molecule has 0 fully saturated rings. The van der Waals surface area contributed by atoms with E-state index in [0.717, 1.165) is 32.1 Å². The molecule has 0 bridgehead atoms. The molecular formula is C15H27NO4. The number of nitrogens with one attached hydrogen (secondary N) is 1. The van der Waals surface area contributed by atoms with Gasteiger partial charge in [0.15, 0.2) is 0 Å². The van der Waals surface area contributed by atoms with E-state index >= 15 is 0 Å². The number of amides is 1. The van der Waals surface area contributed by atoms with Gasteiger partial charge in [-0.2, -0.15) is 0 Å². The molecule has 0 saturated carbocycles. The molecule has 1 unspecified atom stereocenters. The van der Waals surface area contributed by atoms with Crippen LogP contribution in [-0.2, 0) is 9.53 Å². The molecule has 0 spiro atoms. The van der Waals surface area contributed by atoms with Gasteiger partial charge in [-0.15, -0.1) is 6.58 Å². The third kappa shape index (κ3) is 10.4. The maximum absolute atomic E-state index is 11.5. The van der Waals surface area contributed by atoms with Crippen molar-refractivity contribution >= 4 is 12.1 Å². The molecule has 0 saturated heterocycles. The third-order valence-electron chi connectivity index (χ3n) is 2.64. The minimum atomic E-state index is -1.03. The number of ether oxygens (including phenoxy) is 1. The van der Waals surface area contributed by atoms with Gasteiger partial charge in [-0.05, 0) is 40.0 Å². The van der Waals surface area contributed by atoms with Crippen LogP contribution in [0.15, 0.2) is 12.7 Å². The number of alkyl carbamates (subject to hydrolysis) is 1. The van der Waals surface area contributed by atoms with Crippen LogP contribution in [0.2, 0.25) is 0 Å². The lowest BCUT2D eigenvalue weighted by molar-refractivity contribution is -0.139. The molecule has 1 atom stereocenters. The Labute approximate surface area is 121 Å². The Bertz CT molecular complexity index is 320. The number of unbranched alkanes of at least 4 members (excludes halogenated alkanes) is 4. The van der Waals surface area contributed by atoms with Gasteiger partial charge in [0.2, 0.25) is 0 Å². The van der Waals surface area contributed by atoms with Gasteiger partial charge in [0.25, 0.3) is 0 Å². The van der Waals surface area contributed by atoms with E-state index in [1.54, 1.807) is 20.8 Å². The van der Waals surface area contributed by atoms with Crippen molar-refractivity contribution < 1.29 is 19.4 Å². The summed E-state index contributed by atoms with van der Waals surface area (Å²) in [5.41, 5.74) is -0.627. The highest BCUT2D eigenvalue weighted by molar-refractivity contribution is 5.79. The largest absolute Gasteiger partial charge is 0.480 e. The van der Waals surface area contributed by atoms with Crippen LogP contribution in [0.3, 0.4) is 0 Å². The van der Waals surface area contributed by atoms with Gasteiger partial charge in [0.05, 0.1) is 0 Å². The summed E-state index contributed by atoms with van der Waals surface area (Å²) in [6.45, 7) is 8.87. The monoisotopic (exact) mass is 285 g/mol. The highest BCUT2D eigenvalue weighted by atomic mass is 16.6. The molecule has 0 aliphatic rings. The molecule has 0 aromatic heterocycles. The Morgan fingerprint density at radius 3 is 2.35 bits per heavy atom. The van der Waals surface area contributed by atoms with E-state index in [0.29, 0.717) is 6.42 Å². The second-order valence-corrected chi connectivity index (χ2v) is 5.82. The predicted molar refractivity (Wildman–Crippen MR) is 78.7 cm³/mol. The third-order valence-corrected chi connectivity index (χ3v) is 2.64. The van der Waals surface area contributed by atoms with Crippen LogP contribution in [0.4, 0.5) is 4.79 Å². The lowest BCUT2D eigenvalue weighted by atomic mass is 10.1. The number of hydrogen-bond acceptors (Lipinski definition) is 3. The van der Waals surface area contributed by atoms with E-state index in [1.165, 1.54) is 0 Å². The lowest BCUT2D eigenvalue weighted by Gasteiger charge is -2.22. The molecule has 0 heterocycles. The summed E-state index contributed by atoms with van der Waals surface area (Å²) in [4.78, 5) is 22.6. The summed E-state index contributed by atoms with van der Waals surface area (Å²) >= 11 is 0. The topological polar surface area (TPSA) is 75.6 Å². The zero-order chi connectivity index (χ0) is 15.6. The normalized spacial score (nSPS) is 12.6. The number of carbonyl (C=O) groups is 2. The summed E-state index contributed by atoms with van der Waals surface area (Å²) in [5, 5.41) is 11.5. The van der Waals surface area contributed by atoms with Crippen molar-refractivity contribution in [2.24, 2.45) is 0 Å². The molecule has 116 valence electrons. The highest BCUT2D eigenvalue weighted by Gasteiger charge is 2.23. The van der Waals surface area contributed by atoms with E-state index in [-0.39, 0.29) is 0 Å². The molecule has 20 heavy (non-hydrogen) atoms. The zero-order valence-electron chi connectivity index (χ0n) is 12.8. The summed E-state index contributed by atoms with van der Waals surface area (Å²) in [5.74, 6) is -1.03. The molecule has 0 radical (unpaired) electrons.